The zero-order valence-corrected chi connectivity index (χ0v) is 16.5. The number of ether oxygens (including phenoxy) is 2. The third kappa shape index (κ3) is 6.25. The summed E-state index contributed by atoms with van der Waals surface area (Å²) in [6.07, 6.45) is 1.42. The highest BCUT2D eigenvalue weighted by Gasteiger charge is 2.22. The van der Waals surface area contributed by atoms with Gasteiger partial charge in [-0.2, -0.15) is 0 Å². The Hall–Kier alpha value is -2.61. The lowest BCUT2D eigenvalue weighted by Gasteiger charge is -2.20. The zero-order chi connectivity index (χ0) is 19.8. The molecule has 0 radical (unpaired) electrons. The van der Waals surface area contributed by atoms with Crippen LogP contribution in [0.15, 0.2) is 23.6 Å². The van der Waals surface area contributed by atoms with Gasteiger partial charge in [0.2, 0.25) is 5.91 Å². The smallest absolute Gasteiger partial charge is 0.305 e. The SMILES string of the molecule is COc1ccc(C(CC(=O)O)NC(=O)CCCc2csc(C)n2)c(OC)c1. The summed E-state index contributed by atoms with van der Waals surface area (Å²) in [5.74, 6) is -0.143. The van der Waals surface area contributed by atoms with E-state index in [1.54, 1.807) is 29.5 Å². The fraction of sp³-hybridized carbons (Fsp3) is 0.421. The van der Waals surface area contributed by atoms with Crippen molar-refractivity contribution in [3.05, 3.63) is 39.8 Å². The number of benzene rings is 1. The molecule has 27 heavy (non-hydrogen) atoms. The highest BCUT2D eigenvalue weighted by Crippen LogP contribution is 2.31. The molecule has 0 bridgehead atoms. The Morgan fingerprint density at radius 1 is 1.30 bits per heavy atom. The number of carboxylic acid groups (broad SMARTS) is 1. The van der Waals surface area contributed by atoms with Crippen LogP contribution in [-0.4, -0.2) is 36.2 Å². The molecule has 146 valence electrons. The first-order valence-electron chi connectivity index (χ1n) is 8.57. The van der Waals surface area contributed by atoms with Crippen molar-refractivity contribution >= 4 is 23.2 Å². The molecule has 1 heterocycles. The number of amides is 1. The van der Waals surface area contributed by atoms with Crippen LogP contribution in [0.3, 0.4) is 0 Å². The van der Waals surface area contributed by atoms with Crippen LogP contribution < -0.4 is 14.8 Å². The second-order valence-electron chi connectivity index (χ2n) is 6.04. The molecule has 1 amide bonds. The summed E-state index contributed by atoms with van der Waals surface area (Å²) in [5, 5.41) is 15.0. The Morgan fingerprint density at radius 2 is 2.07 bits per heavy atom. The van der Waals surface area contributed by atoms with Crippen LogP contribution in [0.4, 0.5) is 0 Å². The van der Waals surface area contributed by atoms with Gasteiger partial charge in [0.05, 0.1) is 37.4 Å². The molecule has 2 rings (SSSR count). The van der Waals surface area contributed by atoms with Crippen LogP contribution in [0.1, 0.15) is 41.6 Å². The maximum Gasteiger partial charge on any atom is 0.305 e. The van der Waals surface area contributed by atoms with Crippen LogP contribution in [0, 0.1) is 6.92 Å². The van der Waals surface area contributed by atoms with Crippen LogP contribution in [0.2, 0.25) is 0 Å². The van der Waals surface area contributed by atoms with E-state index in [-0.39, 0.29) is 12.3 Å². The highest BCUT2D eigenvalue weighted by atomic mass is 32.1. The molecule has 1 aromatic heterocycles. The Labute approximate surface area is 162 Å². The van der Waals surface area contributed by atoms with Crippen LogP contribution in [-0.2, 0) is 16.0 Å². The number of aromatic nitrogens is 1. The predicted molar refractivity (Wildman–Crippen MR) is 102 cm³/mol. The number of carboxylic acids is 1. The number of carbonyl (C=O) groups excluding carboxylic acids is 1. The van der Waals surface area contributed by atoms with Gasteiger partial charge in [-0.3, -0.25) is 9.59 Å². The number of nitrogens with zero attached hydrogens (tertiary/aromatic N) is 1. The van der Waals surface area contributed by atoms with Gasteiger partial charge in [-0.25, -0.2) is 4.98 Å². The van der Waals surface area contributed by atoms with Crippen molar-refractivity contribution in [3.8, 4) is 11.5 Å². The number of carbonyl (C=O) groups is 2. The third-order valence-corrected chi connectivity index (χ3v) is 4.86. The van der Waals surface area contributed by atoms with E-state index in [1.165, 1.54) is 14.2 Å². The number of aliphatic carboxylic acids is 1. The lowest BCUT2D eigenvalue weighted by Crippen LogP contribution is -2.30. The van der Waals surface area contributed by atoms with Gasteiger partial charge < -0.3 is 19.9 Å². The minimum atomic E-state index is -1.00. The molecule has 0 fully saturated rings. The van der Waals surface area contributed by atoms with E-state index >= 15 is 0 Å². The molecule has 0 aliphatic rings. The van der Waals surface area contributed by atoms with Crippen LogP contribution in [0.5, 0.6) is 11.5 Å². The molecule has 2 aromatic rings. The van der Waals surface area contributed by atoms with Gasteiger partial charge >= 0.3 is 5.97 Å². The van der Waals surface area contributed by atoms with Crippen molar-refractivity contribution in [2.45, 2.75) is 38.6 Å². The molecule has 1 aromatic carbocycles. The van der Waals surface area contributed by atoms with E-state index in [0.29, 0.717) is 36.3 Å². The Balaban J connectivity index is 2.03. The molecule has 8 heteroatoms. The van der Waals surface area contributed by atoms with Gasteiger partial charge in [0.15, 0.2) is 0 Å². The average molecular weight is 392 g/mol. The minimum absolute atomic E-state index is 0.203. The molecule has 2 N–H and O–H groups in total. The standard InChI is InChI=1S/C19H24N2O5S/c1-12-20-13(11-27-12)5-4-6-18(22)21-16(10-19(23)24)15-8-7-14(25-2)9-17(15)26-3/h7-9,11,16H,4-6,10H2,1-3H3,(H,21,22)(H,23,24). The van der Waals surface area contributed by atoms with E-state index < -0.39 is 12.0 Å². The van der Waals surface area contributed by atoms with Gasteiger partial charge in [0.25, 0.3) is 0 Å². The van der Waals surface area contributed by atoms with Gasteiger partial charge in [0.1, 0.15) is 11.5 Å². The molecule has 0 spiro atoms. The lowest BCUT2D eigenvalue weighted by atomic mass is 10.0. The number of thiazole rings is 1. The summed E-state index contributed by atoms with van der Waals surface area (Å²) in [6, 6.07) is 4.41. The van der Waals surface area contributed by atoms with Crippen molar-refractivity contribution in [1.82, 2.24) is 10.3 Å². The van der Waals surface area contributed by atoms with E-state index in [9.17, 15) is 14.7 Å². The largest absolute Gasteiger partial charge is 0.497 e. The van der Waals surface area contributed by atoms with E-state index in [4.69, 9.17) is 9.47 Å². The van der Waals surface area contributed by atoms with Crippen molar-refractivity contribution < 1.29 is 24.2 Å². The second kappa shape index (κ2) is 9.91. The van der Waals surface area contributed by atoms with Crippen LogP contribution >= 0.6 is 11.3 Å². The fourth-order valence-electron chi connectivity index (χ4n) is 2.74. The maximum atomic E-state index is 12.3. The second-order valence-corrected chi connectivity index (χ2v) is 7.10. The number of nitrogens with one attached hydrogen (secondary N) is 1. The fourth-order valence-corrected chi connectivity index (χ4v) is 3.39. The van der Waals surface area contributed by atoms with Crippen LogP contribution in [0.25, 0.3) is 0 Å². The van der Waals surface area contributed by atoms with E-state index in [1.807, 2.05) is 12.3 Å². The highest BCUT2D eigenvalue weighted by molar-refractivity contribution is 7.09. The summed E-state index contributed by atoms with van der Waals surface area (Å²) in [4.78, 5) is 28.0. The predicted octanol–water partition coefficient (Wildman–Crippen LogP) is 3.12. The number of methoxy groups -OCH3 is 2. The summed E-state index contributed by atoms with van der Waals surface area (Å²) < 4.78 is 10.5. The average Bonchev–Trinajstić information content (AvgIpc) is 3.05. The zero-order valence-electron chi connectivity index (χ0n) is 15.7. The van der Waals surface area contributed by atoms with Gasteiger partial charge in [0, 0.05) is 23.4 Å². The van der Waals surface area contributed by atoms with Crippen molar-refractivity contribution in [2.24, 2.45) is 0 Å². The molecule has 0 aliphatic carbocycles. The van der Waals surface area contributed by atoms with E-state index in [0.717, 1.165) is 10.7 Å². The molecular weight excluding hydrogens is 368 g/mol. The molecule has 1 atom stereocenters. The van der Waals surface area contributed by atoms with Crippen molar-refractivity contribution in [3.63, 3.8) is 0 Å². The number of rotatable bonds is 10. The maximum absolute atomic E-state index is 12.3. The first-order valence-corrected chi connectivity index (χ1v) is 9.45. The quantitative estimate of drug-likeness (QED) is 0.645. The Morgan fingerprint density at radius 3 is 2.67 bits per heavy atom. The van der Waals surface area contributed by atoms with Crippen molar-refractivity contribution in [1.29, 1.82) is 0 Å². The monoisotopic (exact) mass is 392 g/mol. The lowest BCUT2D eigenvalue weighted by molar-refractivity contribution is -0.137. The number of aryl methyl sites for hydroxylation is 2. The molecule has 0 saturated heterocycles. The topological polar surface area (TPSA) is 97.8 Å². The molecule has 1 unspecified atom stereocenters. The summed E-state index contributed by atoms with van der Waals surface area (Å²) >= 11 is 1.58. The summed E-state index contributed by atoms with van der Waals surface area (Å²) in [5.41, 5.74) is 1.58. The first-order chi connectivity index (χ1) is 12.9. The van der Waals surface area contributed by atoms with Gasteiger partial charge in [-0.05, 0) is 31.9 Å². The van der Waals surface area contributed by atoms with E-state index in [2.05, 4.69) is 10.3 Å². The minimum Gasteiger partial charge on any atom is -0.497 e. The number of hydrogen-bond donors (Lipinski definition) is 2. The third-order valence-electron chi connectivity index (χ3n) is 4.03. The summed E-state index contributed by atoms with van der Waals surface area (Å²) in [6.45, 7) is 1.94. The van der Waals surface area contributed by atoms with Gasteiger partial charge in [-0.1, -0.05) is 0 Å². The van der Waals surface area contributed by atoms with Gasteiger partial charge in [-0.15, -0.1) is 11.3 Å². The molecule has 7 nitrogen and oxygen atoms in total. The molecule has 0 saturated carbocycles. The Bertz CT molecular complexity index is 790. The Kier molecular flexibility index (Phi) is 7.60. The molecular formula is C19H24N2O5S. The summed E-state index contributed by atoms with van der Waals surface area (Å²) in [7, 11) is 3.03. The van der Waals surface area contributed by atoms with Crippen molar-refractivity contribution in [2.75, 3.05) is 14.2 Å². The normalized spacial score (nSPS) is 11.7. The number of hydrogen-bond acceptors (Lipinski definition) is 6. The first kappa shape index (κ1) is 20.7. The molecule has 0 aliphatic heterocycles.